The lowest BCUT2D eigenvalue weighted by molar-refractivity contribution is -0.113. The Morgan fingerprint density at radius 1 is 0.875 bits per heavy atom. The average molecular weight is 688 g/mol. The summed E-state index contributed by atoms with van der Waals surface area (Å²) in [5, 5.41) is 24.5. The van der Waals surface area contributed by atoms with Gasteiger partial charge in [-0.25, -0.2) is 0 Å². The highest BCUT2D eigenvalue weighted by Crippen LogP contribution is 2.33. The molecule has 4 rings (SSSR count). The summed E-state index contributed by atoms with van der Waals surface area (Å²) in [5.74, 6) is 0. The van der Waals surface area contributed by atoms with Gasteiger partial charge in [0, 0.05) is 23.4 Å². The molecule has 1 aliphatic carbocycles. The number of oxime groups is 1. The largest absolute Gasteiger partial charge is 0.394 e. The number of hydrogen-bond donors (Lipinski definition) is 2. The van der Waals surface area contributed by atoms with Gasteiger partial charge in [-0.2, -0.15) is 0 Å². The topological polar surface area (TPSA) is 71.3 Å². The van der Waals surface area contributed by atoms with Crippen molar-refractivity contribution in [3.05, 3.63) is 105 Å². The molecule has 3 unspecified atom stereocenters. The van der Waals surface area contributed by atoms with Gasteiger partial charge in [-0.1, -0.05) is 168 Å². The van der Waals surface area contributed by atoms with E-state index < -0.39 is 6.10 Å². The molecule has 1 fully saturated rings. The standard InChI is InChI=1S/C28H28ClNO4.7C2H6/c1-19(30-33-18-21-5-3-2-4-6-21)22-9-7-20(8-10-22)13-24-14-23(11-12-27(24)29)28-16-25(32)15-26(17-31)34-28;7*1-2/h2-3,5,7-12,14,25-26,28,31-32H,13,15-18H2,1H3;7*1-2H3/b30-19+;;;;;;;. The first-order chi connectivity index (χ1) is 23.5. The number of hydrogen-bond acceptors (Lipinski definition) is 5. The molecule has 3 atom stereocenters. The van der Waals surface area contributed by atoms with Gasteiger partial charge in [-0.3, -0.25) is 0 Å². The minimum absolute atomic E-state index is 0.0998. The summed E-state index contributed by atoms with van der Waals surface area (Å²) < 4.78 is 5.96. The lowest BCUT2D eigenvalue weighted by Crippen LogP contribution is -2.33. The van der Waals surface area contributed by atoms with Gasteiger partial charge in [0.05, 0.1) is 30.6 Å². The molecule has 6 heteroatoms. The van der Waals surface area contributed by atoms with Crippen LogP contribution in [0.1, 0.15) is 145 Å². The van der Waals surface area contributed by atoms with Gasteiger partial charge < -0.3 is 19.8 Å². The molecule has 5 nitrogen and oxygen atoms in total. The maximum Gasteiger partial charge on any atom is 0.150 e. The zero-order valence-corrected chi connectivity index (χ0v) is 33.8. The second kappa shape index (κ2) is 36.9. The van der Waals surface area contributed by atoms with Crippen LogP contribution in [-0.4, -0.2) is 41.3 Å². The summed E-state index contributed by atoms with van der Waals surface area (Å²) in [6.45, 7) is 30.2. The molecule has 1 heterocycles. The Morgan fingerprint density at radius 2 is 1.46 bits per heavy atom. The summed E-state index contributed by atoms with van der Waals surface area (Å²) in [5.41, 5.74) is 11.6. The predicted octanol–water partition coefficient (Wildman–Crippen LogP) is 12.2. The SMILES string of the molecule is C/C(=N\OCC1=C=C=CC=C1)c1ccc(Cc2cc(C3CC(O)CC(CO)O3)ccc2Cl)cc1.CC.CC.CC.CC.CC.CC.CC. The Kier molecular flexibility index (Phi) is 40.0. The molecular formula is C42H70ClNO4. The van der Waals surface area contributed by atoms with Crippen LogP contribution in [0.3, 0.4) is 0 Å². The van der Waals surface area contributed by atoms with Gasteiger partial charge in [0.15, 0.2) is 0 Å². The first-order valence-corrected chi connectivity index (χ1v) is 18.8. The zero-order valence-electron chi connectivity index (χ0n) is 33.1. The molecule has 0 saturated carbocycles. The molecule has 0 bridgehead atoms. The Hall–Kier alpha value is -2.88. The maximum atomic E-state index is 10.1. The molecular weight excluding hydrogens is 618 g/mol. The van der Waals surface area contributed by atoms with E-state index in [0.29, 0.717) is 30.9 Å². The maximum absolute atomic E-state index is 10.1. The number of allylic oxidation sites excluding steroid dienone is 2. The Bertz CT molecular complexity index is 1170. The Labute approximate surface area is 301 Å². The van der Waals surface area contributed by atoms with Crippen molar-refractivity contribution in [1.29, 1.82) is 0 Å². The summed E-state index contributed by atoms with van der Waals surface area (Å²) in [7, 11) is 0. The Balaban J connectivity index is -0.000000615. The van der Waals surface area contributed by atoms with Crippen molar-refractivity contribution in [2.75, 3.05) is 13.2 Å². The van der Waals surface area contributed by atoms with Crippen LogP contribution in [0.25, 0.3) is 0 Å². The third-order valence-corrected chi connectivity index (χ3v) is 6.29. The molecule has 0 aromatic heterocycles. The number of benzene rings is 2. The summed E-state index contributed by atoms with van der Waals surface area (Å²) >= 11 is 6.49. The molecule has 0 amide bonds. The van der Waals surface area contributed by atoms with E-state index in [4.69, 9.17) is 21.2 Å². The minimum Gasteiger partial charge on any atom is -0.394 e. The third kappa shape index (κ3) is 21.2. The van der Waals surface area contributed by atoms with E-state index >= 15 is 0 Å². The zero-order chi connectivity index (χ0) is 37.9. The lowest BCUT2D eigenvalue weighted by Gasteiger charge is -2.32. The summed E-state index contributed by atoms with van der Waals surface area (Å²) in [6.07, 6.45) is 6.14. The highest BCUT2D eigenvalue weighted by molar-refractivity contribution is 6.31. The van der Waals surface area contributed by atoms with Crippen LogP contribution in [0, 0.1) is 0 Å². The molecule has 0 radical (unpaired) electrons. The van der Waals surface area contributed by atoms with E-state index in [2.05, 4.69) is 28.8 Å². The van der Waals surface area contributed by atoms with Crippen molar-refractivity contribution in [3.63, 3.8) is 0 Å². The molecule has 1 aliphatic heterocycles. The van der Waals surface area contributed by atoms with E-state index in [0.717, 1.165) is 33.5 Å². The summed E-state index contributed by atoms with van der Waals surface area (Å²) in [6, 6.07) is 14.0. The van der Waals surface area contributed by atoms with E-state index in [1.165, 1.54) is 0 Å². The van der Waals surface area contributed by atoms with E-state index in [9.17, 15) is 10.2 Å². The molecule has 2 aliphatic rings. The van der Waals surface area contributed by atoms with E-state index in [-0.39, 0.29) is 18.8 Å². The van der Waals surface area contributed by atoms with Crippen molar-refractivity contribution in [2.45, 2.75) is 141 Å². The fraction of sp³-hybridized carbons (Fsp3) is 0.548. The molecule has 48 heavy (non-hydrogen) atoms. The molecule has 2 N–H and O–H groups in total. The second-order valence-corrected chi connectivity index (χ2v) is 8.96. The van der Waals surface area contributed by atoms with E-state index in [1.807, 2.05) is 146 Å². The fourth-order valence-corrected chi connectivity index (χ4v) is 4.24. The van der Waals surface area contributed by atoms with Crippen molar-refractivity contribution in [2.24, 2.45) is 5.16 Å². The molecule has 0 spiro atoms. The number of aliphatic hydroxyl groups excluding tert-OH is 2. The van der Waals surface area contributed by atoms with Crippen LogP contribution in [0.2, 0.25) is 5.02 Å². The normalized spacial score (nSPS) is 16.5. The molecule has 2 aromatic carbocycles. The smallest absolute Gasteiger partial charge is 0.150 e. The molecule has 1 saturated heterocycles. The number of ether oxygens (including phenoxy) is 1. The first kappa shape index (κ1) is 51.9. The monoisotopic (exact) mass is 687 g/mol. The van der Waals surface area contributed by atoms with Crippen LogP contribution in [0.5, 0.6) is 0 Å². The molecule has 2 aromatic rings. The van der Waals surface area contributed by atoms with Crippen molar-refractivity contribution in [1.82, 2.24) is 0 Å². The van der Waals surface area contributed by atoms with Crippen LogP contribution in [0.4, 0.5) is 0 Å². The van der Waals surface area contributed by atoms with Crippen LogP contribution in [-0.2, 0) is 16.0 Å². The van der Waals surface area contributed by atoms with Crippen molar-refractivity contribution < 1.29 is 19.8 Å². The van der Waals surface area contributed by atoms with Crippen molar-refractivity contribution in [3.8, 4) is 0 Å². The van der Waals surface area contributed by atoms with Gasteiger partial charge >= 0.3 is 0 Å². The van der Waals surface area contributed by atoms with Gasteiger partial charge in [-0.15, -0.1) is 0 Å². The second-order valence-electron chi connectivity index (χ2n) is 8.55. The van der Waals surface area contributed by atoms with Gasteiger partial charge in [-0.05, 0) is 53.8 Å². The number of aliphatic hydroxyl groups is 2. The van der Waals surface area contributed by atoms with Crippen LogP contribution in [0.15, 0.2) is 82.9 Å². The van der Waals surface area contributed by atoms with Gasteiger partial charge in [0.25, 0.3) is 0 Å². The quantitative estimate of drug-likeness (QED) is 0.165. The lowest BCUT2D eigenvalue weighted by atomic mass is 9.94. The number of rotatable bonds is 8. The minimum atomic E-state index is -0.486. The molecule has 274 valence electrons. The van der Waals surface area contributed by atoms with E-state index in [1.54, 1.807) is 6.08 Å². The average Bonchev–Trinajstić information content (AvgIpc) is 3.18. The first-order valence-electron chi connectivity index (χ1n) is 18.4. The highest BCUT2D eigenvalue weighted by Gasteiger charge is 2.29. The highest BCUT2D eigenvalue weighted by atomic mass is 35.5. The van der Waals surface area contributed by atoms with Crippen molar-refractivity contribution >= 4 is 17.3 Å². The van der Waals surface area contributed by atoms with Crippen LogP contribution >= 0.6 is 11.6 Å². The summed E-state index contributed by atoms with van der Waals surface area (Å²) in [4.78, 5) is 5.45. The number of halogens is 1. The fourth-order valence-electron chi connectivity index (χ4n) is 4.06. The van der Waals surface area contributed by atoms with Crippen LogP contribution < -0.4 is 0 Å². The predicted molar refractivity (Wildman–Crippen MR) is 212 cm³/mol. The third-order valence-electron chi connectivity index (χ3n) is 5.92. The Morgan fingerprint density at radius 3 is 1.98 bits per heavy atom. The number of nitrogens with zero attached hydrogens (tertiary/aromatic N) is 1. The van der Waals surface area contributed by atoms with Gasteiger partial charge in [0.1, 0.15) is 6.61 Å². The van der Waals surface area contributed by atoms with Gasteiger partial charge in [0.2, 0.25) is 0 Å².